The smallest absolute Gasteiger partial charge is 0.160 e. The van der Waals surface area contributed by atoms with E-state index in [0.29, 0.717) is 0 Å². The van der Waals surface area contributed by atoms with Crippen LogP contribution in [0.4, 0.5) is 0 Å². The summed E-state index contributed by atoms with van der Waals surface area (Å²) in [6.45, 7) is 0. The zero-order valence-corrected chi connectivity index (χ0v) is 11.4. The van der Waals surface area contributed by atoms with Crippen molar-refractivity contribution in [2.45, 2.75) is 12.8 Å². The fourth-order valence-corrected chi connectivity index (χ4v) is 2.03. The number of ether oxygens (including phenoxy) is 2. The summed E-state index contributed by atoms with van der Waals surface area (Å²) >= 11 is 0. The molecule has 0 aliphatic rings. The predicted molar refractivity (Wildman–Crippen MR) is 77.7 cm³/mol. The summed E-state index contributed by atoms with van der Waals surface area (Å²) in [4.78, 5) is 0. The Morgan fingerprint density at radius 3 is 2.16 bits per heavy atom. The van der Waals surface area contributed by atoms with Crippen molar-refractivity contribution in [3.63, 3.8) is 0 Å². The van der Waals surface area contributed by atoms with Crippen LogP contribution in [0.3, 0.4) is 0 Å². The highest BCUT2D eigenvalue weighted by Crippen LogP contribution is 2.27. The molecule has 2 heteroatoms. The van der Waals surface area contributed by atoms with Crippen molar-refractivity contribution in [3.8, 4) is 11.5 Å². The van der Waals surface area contributed by atoms with E-state index in [1.54, 1.807) is 14.2 Å². The van der Waals surface area contributed by atoms with Crippen LogP contribution in [0.25, 0.3) is 0 Å². The fourth-order valence-electron chi connectivity index (χ4n) is 2.03. The molecule has 0 unspecified atom stereocenters. The molecule has 0 aliphatic heterocycles. The second kappa shape index (κ2) is 6.83. The monoisotopic (exact) mass is 255 g/mol. The van der Waals surface area contributed by atoms with Gasteiger partial charge >= 0.3 is 0 Å². The maximum Gasteiger partial charge on any atom is 0.160 e. The molecule has 0 bridgehead atoms. The Kier molecular flexibility index (Phi) is 4.85. The van der Waals surface area contributed by atoms with E-state index in [4.69, 9.17) is 9.47 Å². The minimum atomic E-state index is 0.773. The Morgan fingerprint density at radius 2 is 1.47 bits per heavy atom. The van der Waals surface area contributed by atoms with Crippen molar-refractivity contribution >= 4 is 0 Å². The average molecular weight is 255 g/mol. The van der Waals surface area contributed by atoms with Crippen LogP contribution in [-0.2, 0) is 12.8 Å². The first-order chi connectivity index (χ1) is 9.33. The van der Waals surface area contributed by atoms with Crippen molar-refractivity contribution in [2.75, 3.05) is 14.2 Å². The Balaban J connectivity index is 1.93. The third kappa shape index (κ3) is 3.75. The van der Waals surface area contributed by atoms with Gasteiger partial charge in [-0.3, -0.25) is 0 Å². The van der Waals surface area contributed by atoms with E-state index in [9.17, 15) is 0 Å². The molecular weight excluding hydrogens is 236 g/mol. The number of hydrogen-bond donors (Lipinski definition) is 0. The molecule has 0 aliphatic carbocycles. The molecule has 0 amide bonds. The van der Waals surface area contributed by atoms with Gasteiger partial charge < -0.3 is 9.47 Å². The number of methoxy groups -OCH3 is 2. The predicted octanol–water partition coefficient (Wildman–Crippen LogP) is 3.69. The van der Waals surface area contributed by atoms with E-state index >= 15 is 0 Å². The highest BCUT2D eigenvalue weighted by Gasteiger charge is 2.04. The largest absolute Gasteiger partial charge is 0.493 e. The van der Waals surface area contributed by atoms with Crippen LogP contribution in [0.2, 0.25) is 0 Å². The first-order valence-corrected chi connectivity index (χ1v) is 6.40. The summed E-state index contributed by atoms with van der Waals surface area (Å²) < 4.78 is 10.5. The molecular formula is C17H19O2. The summed E-state index contributed by atoms with van der Waals surface area (Å²) in [5.41, 5.74) is 2.57. The minimum absolute atomic E-state index is 0.773. The zero-order chi connectivity index (χ0) is 13.5. The van der Waals surface area contributed by atoms with Gasteiger partial charge in [0.15, 0.2) is 11.5 Å². The van der Waals surface area contributed by atoms with Gasteiger partial charge in [-0.15, -0.1) is 0 Å². The van der Waals surface area contributed by atoms with Gasteiger partial charge in [0.2, 0.25) is 0 Å². The van der Waals surface area contributed by atoms with E-state index in [-0.39, 0.29) is 0 Å². The third-order valence-electron chi connectivity index (χ3n) is 3.05. The Bertz CT molecular complexity index is 506. The lowest BCUT2D eigenvalue weighted by molar-refractivity contribution is 0.354. The molecule has 0 N–H and O–H groups in total. The molecule has 0 heterocycles. The SMILES string of the molecule is COc1ccc(C[CH]Cc2ccccc2)cc1OC. The molecule has 2 nitrogen and oxygen atoms in total. The van der Waals surface area contributed by atoms with E-state index in [2.05, 4.69) is 36.8 Å². The zero-order valence-electron chi connectivity index (χ0n) is 11.4. The van der Waals surface area contributed by atoms with E-state index in [0.717, 1.165) is 24.3 Å². The van der Waals surface area contributed by atoms with Gasteiger partial charge in [-0.05, 0) is 42.5 Å². The van der Waals surface area contributed by atoms with Crippen LogP contribution in [0.5, 0.6) is 11.5 Å². The molecule has 0 saturated heterocycles. The molecule has 0 atom stereocenters. The highest BCUT2D eigenvalue weighted by atomic mass is 16.5. The maximum atomic E-state index is 5.30. The van der Waals surface area contributed by atoms with Gasteiger partial charge in [0, 0.05) is 0 Å². The van der Waals surface area contributed by atoms with E-state index < -0.39 is 0 Å². The van der Waals surface area contributed by atoms with E-state index in [1.165, 1.54) is 11.1 Å². The van der Waals surface area contributed by atoms with Crippen LogP contribution in [0.1, 0.15) is 11.1 Å². The molecule has 1 radical (unpaired) electrons. The van der Waals surface area contributed by atoms with Crippen LogP contribution >= 0.6 is 0 Å². The molecule has 0 aromatic heterocycles. The summed E-state index contributed by atoms with van der Waals surface area (Å²) in [6, 6.07) is 16.5. The third-order valence-corrected chi connectivity index (χ3v) is 3.05. The molecule has 0 spiro atoms. The van der Waals surface area contributed by atoms with Crippen LogP contribution in [0.15, 0.2) is 48.5 Å². The van der Waals surface area contributed by atoms with Crippen molar-refractivity contribution in [2.24, 2.45) is 0 Å². The minimum Gasteiger partial charge on any atom is -0.493 e. The summed E-state index contributed by atoms with van der Waals surface area (Å²) in [5, 5.41) is 0. The standard InChI is InChI=1S/C17H19O2/c1-18-16-12-11-15(13-17(16)19-2)10-6-9-14-7-4-3-5-8-14/h3-8,11-13H,9-10H2,1-2H3. The van der Waals surface area contributed by atoms with Gasteiger partial charge in [0.1, 0.15) is 0 Å². The molecule has 0 fully saturated rings. The Morgan fingerprint density at radius 1 is 0.789 bits per heavy atom. The van der Waals surface area contributed by atoms with Gasteiger partial charge in [-0.2, -0.15) is 0 Å². The fraction of sp³-hybridized carbons (Fsp3) is 0.235. The maximum absolute atomic E-state index is 5.30. The summed E-state index contributed by atoms with van der Waals surface area (Å²) in [6.07, 6.45) is 4.18. The molecule has 2 rings (SSSR count). The van der Waals surface area contributed by atoms with Gasteiger partial charge in [0.05, 0.1) is 14.2 Å². The second-order valence-corrected chi connectivity index (χ2v) is 4.37. The molecule has 0 saturated carbocycles. The van der Waals surface area contributed by atoms with Crippen molar-refractivity contribution in [1.29, 1.82) is 0 Å². The normalized spacial score (nSPS) is 10.2. The number of hydrogen-bond acceptors (Lipinski definition) is 2. The second-order valence-electron chi connectivity index (χ2n) is 4.37. The Labute approximate surface area is 115 Å². The topological polar surface area (TPSA) is 18.5 Å². The van der Waals surface area contributed by atoms with E-state index in [1.807, 2.05) is 18.2 Å². The first-order valence-electron chi connectivity index (χ1n) is 6.40. The van der Waals surface area contributed by atoms with Crippen LogP contribution < -0.4 is 9.47 Å². The van der Waals surface area contributed by atoms with Gasteiger partial charge in [0.25, 0.3) is 0 Å². The summed E-state index contributed by atoms with van der Waals surface area (Å²) in [7, 11) is 3.31. The summed E-state index contributed by atoms with van der Waals surface area (Å²) in [5.74, 6) is 1.56. The van der Waals surface area contributed by atoms with Crippen molar-refractivity contribution < 1.29 is 9.47 Å². The van der Waals surface area contributed by atoms with Gasteiger partial charge in [-0.25, -0.2) is 0 Å². The van der Waals surface area contributed by atoms with Crippen molar-refractivity contribution in [3.05, 3.63) is 66.1 Å². The number of benzene rings is 2. The average Bonchev–Trinajstić information content (AvgIpc) is 2.48. The first kappa shape index (κ1) is 13.5. The Hall–Kier alpha value is -1.96. The van der Waals surface area contributed by atoms with Gasteiger partial charge in [-0.1, -0.05) is 36.4 Å². The quantitative estimate of drug-likeness (QED) is 0.783. The molecule has 2 aromatic carbocycles. The molecule has 19 heavy (non-hydrogen) atoms. The van der Waals surface area contributed by atoms with Crippen LogP contribution in [0, 0.1) is 6.42 Å². The van der Waals surface area contributed by atoms with Crippen molar-refractivity contribution in [1.82, 2.24) is 0 Å². The van der Waals surface area contributed by atoms with Crippen LogP contribution in [-0.4, -0.2) is 14.2 Å². The lowest BCUT2D eigenvalue weighted by Gasteiger charge is -2.09. The molecule has 2 aromatic rings. The highest BCUT2D eigenvalue weighted by molar-refractivity contribution is 5.43. The lowest BCUT2D eigenvalue weighted by Crippen LogP contribution is -1.94. The number of rotatable bonds is 6. The lowest BCUT2D eigenvalue weighted by atomic mass is 10.0. The molecule has 99 valence electrons.